The van der Waals surface area contributed by atoms with Gasteiger partial charge >= 0.3 is 6.03 Å². The van der Waals surface area contributed by atoms with Gasteiger partial charge in [-0.25, -0.2) is 9.18 Å². The third-order valence-corrected chi connectivity index (χ3v) is 4.36. The maximum atomic E-state index is 13.9. The molecular weight excluding hydrogens is 325 g/mol. The third kappa shape index (κ3) is 3.17. The molecular formula is C18H18FN3O3. The molecule has 130 valence electrons. The lowest BCUT2D eigenvalue weighted by Crippen LogP contribution is -2.39. The van der Waals surface area contributed by atoms with Gasteiger partial charge in [0.15, 0.2) is 11.5 Å². The summed E-state index contributed by atoms with van der Waals surface area (Å²) in [5, 5.41) is 5.71. The monoisotopic (exact) mass is 343 g/mol. The molecule has 0 aromatic heterocycles. The summed E-state index contributed by atoms with van der Waals surface area (Å²) >= 11 is 0. The number of benzene rings is 2. The second-order valence-electron chi connectivity index (χ2n) is 6.02. The van der Waals surface area contributed by atoms with Crippen LogP contribution in [0.15, 0.2) is 42.5 Å². The Morgan fingerprint density at radius 2 is 2.04 bits per heavy atom. The second-order valence-corrected chi connectivity index (χ2v) is 6.02. The molecule has 2 aromatic rings. The lowest BCUT2D eigenvalue weighted by atomic mass is 10.2. The summed E-state index contributed by atoms with van der Waals surface area (Å²) in [5.74, 6) is 0.908. The van der Waals surface area contributed by atoms with Crippen molar-refractivity contribution < 1.29 is 18.7 Å². The Balaban J connectivity index is 1.36. The highest BCUT2D eigenvalue weighted by atomic mass is 19.1. The summed E-state index contributed by atoms with van der Waals surface area (Å²) < 4.78 is 24.5. The number of amides is 2. The molecule has 0 aliphatic carbocycles. The van der Waals surface area contributed by atoms with E-state index < -0.39 is 0 Å². The van der Waals surface area contributed by atoms with Crippen LogP contribution in [0.1, 0.15) is 6.42 Å². The topological polar surface area (TPSA) is 62.8 Å². The van der Waals surface area contributed by atoms with E-state index in [9.17, 15) is 9.18 Å². The number of ether oxygens (including phenoxy) is 2. The Labute approximate surface area is 144 Å². The van der Waals surface area contributed by atoms with Crippen molar-refractivity contribution in [2.75, 3.05) is 30.1 Å². The highest BCUT2D eigenvalue weighted by Crippen LogP contribution is 2.38. The molecule has 4 rings (SSSR count). The Bertz CT molecular complexity index is 799. The zero-order valence-corrected chi connectivity index (χ0v) is 13.5. The zero-order chi connectivity index (χ0) is 17.2. The van der Waals surface area contributed by atoms with E-state index >= 15 is 0 Å². The molecule has 0 radical (unpaired) electrons. The number of fused-ring (bicyclic) bond motifs is 1. The van der Waals surface area contributed by atoms with Gasteiger partial charge < -0.3 is 25.0 Å². The predicted octanol–water partition coefficient (Wildman–Crippen LogP) is 2.95. The van der Waals surface area contributed by atoms with E-state index in [-0.39, 0.29) is 24.7 Å². The SMILES string of the molecule is O=C(Nc1cccc2c1OCO2)NC1CCN(c2ccccc2F)C1. The van der Waals surface area contributed by atoms with E-state index in [1.807, 2.05) is 11.0 Å². The number of nitrogens with zero attached hydrogens (tertiary/aromatic N) is 1. The number of rotatable bonds is 3. The van der Waals surface area contributed by atoms with Gasteiger partial charge in [-0.2, -0.15) is 0 Å². The number of carbonyl (C=O) groups excluding carboxylic acids is 1. The van der Waals surface area contributed by atoms with Crippen molar-refractivity contribution in [3.8, 4) is 11.5 Å². The van der Waals surface area contributed by atoms with E-state index in [4.69, 9.17) is 9.47 Å². The smallest absolute Gasteiger partial charge is 0.319 e. The number of urea groups is 1. The standard InChI is InChI=1S/C18H18FN3O3/c19-13-4-1-2-6-15(13)22-9-8-12(10-22)20-18(23)21-14-5-3-7-16-17(14)25-11-24-16/h1-7,12H,8-11H2,(H2,20,21,23). The summed E-state index contributed by atoms with van der Waals surface area (Å²) in [4.78, 5) is 14.2. The average molecular weight is 343 g/mol. The normalized spacial score (nSPS) is 18.3. The molecule has 25 heavy (non-hydrogen) atoms. The van der Waals surface area contributed by atoms with Gasteiger partial charge in [0.1, 0.15) is 5.82 Å². The molecule has 1 fully saturated rings. The first-order valence-corrected chi connectivity index (χ1v) is 8.16. The van der Waals surface area contributed by atoms with Crippen LogP contribution in [0.3, 0.4) is 0 Å². The van der Waals surface area contributed by atoms with E-state index in [1.165, 1.54) is 6.07 Å². The number of nitrogens with one attached hydrogen (secondary N) is 2. The fourth-order valence-corrected chi connectivity index (χ4v) is 3.18. The molecule has 2 aliphatic rings. The van der Waals surface area contributed by atoms with E-state index in [0.717, 1.165) is 6.42 Å². The summed E-state index contributed by atoms with van der Waals surface area (Å²) in [6, 6.07) is 11.6. The summed E-state index contributed by atoms with van der Waals surface area (Å²) in [5.41, 5.74) is 1.13. The van der Waals surface area contributed by atoms with Crippen LogP contribution >= 0.6 is 0 Å². The van der Waals surface area contributed by atoms with Crippen molar-refractivity contribution in [1.29, 1.82) is 0 Å². The van der Waals surface area contributed by atoms with Crippen molar-refractivity contribution in [2.24, 2.45) is 0 Å². The quantitative estimate of drug-likeness (QED) is 0.899. The molecule has 0 bridgehead atoms. The molecule has 2 heterocycles. The maximum absolute atomic E-state index is 13.9. The molecule has 0 saturated carbocycles. The lowest BCUT2D eigenvalue weighted by molar-refractivity contribution is 0.174. The molecule has 6 nitrogen and oxygen atoms in total. The summed E-state index contributed by atoms with van der Waals surface area (Å²) in [7, 11) is 0. The molecule has 2 amide bonds. The molecule has 7 heteroatoms. The highest BCUT2D eigenvalue weighted by Gasteiger charge is 2.26. The number of halogens is 1. The van der Waals surface area contributed by atoms with Crippen LogP contribution in [-0.4, -0.2) is 32.0 Å². The lowest BCUT2D eigenvalue weighted by Gasteiger charge is -2.19. The first-order valence-electron chi connectivity index (χ1n) is 8.16. The van der Waals surface area contributed by atoms with E-state index in [2.05, 4.69) is 10.6 Å². The van der Waals surface area contributed by atoms with Crippen molar-refractivity contribution in [1.82, 2.24) is 5.32 Å². The zero-order valence-electron chi connectivity index (χ0n) is 13.5. The first kappa shape index (κ1) is 15.6. The molecule has 1 atom stereocenters. The van der Waals surface area contributed by atoms with Gasteiger partial charge in [-0.05, 0) is 30.7 Å². The number of para-hydroxylation sites is 2. The Kier molecular flexibility index (Phi) is 4.05. The Hall–Kier alpha value is -2.96. The number of anilines is 2. The van der Waals surface area contributed by atoms with Crippen LogP contribution in [0.25, 0.3) is 0 Å². The van der Waals surface area contributed by atoms with Crippen molar-refractivity contribution in [3.63, 3.8) is 0 Å². The Morgan fingerprint density at radius 3 is 2.92 bits per heavy atom. The van der Waals surface area contributed by atoms with Crippen molar-refractivity contribution in [3.05, 3.63) is 48.3 Å². The minimum absolute atomic E-state index is 0.0477. The van der Waals surface area contributed by atoms with Crippen molar-refractivity contribution >= 4 is 17.4 Å². The fraction of sp³-hybridized carbons (Fsp3) is 0.278. The predicted molar refractivity (Wildman–Crippen MR) is 91.7 cm³/mol. The van der Waals surface area contributed by atoms with E-state index in [1.54, 1.807) is 30.3 Å². The molecule has 2 N–H and O–H groups in total. The average Bonchev–Trinajstić information content (AvgIpc) is 3.25. The van der Waals surface area contributed by atoms with Gasteiger partial charge in [-0.3, -0.25) is 0 Å². The van der Waals surface area contributed by atoms with Crippen LogP contribution in [0.4, 0.5) is 20.6 Å². The highest BCUT2D eigenvalue weighted by molar-refractivity contribution is 5.92. The summed E-state index contributed by atoms with van der Waals surface area (Å²) in [6.07, 6.45) is 0.758. The van der Waals surface area contributed by atoms with Gasteiger partial charge in [0.25, 0.3) is 0 Å². The molecule has 0 spiro atoms. The maximum Gasteiger partial charge on any atom is 0.319 e. The molecule has 2 aromatic carbocycles. The van der Waals surface area contributed by atoms with Gasteiger partial charge in [-0.15, -0.1) is 0 Å². The molecule has 1 unspecified atom stereocenters. The van der Waals surface area contributed by atoms with Gasteiger partial charge in [0.05, 0.1) is 11.4 Å². The van der Waals surface area contributed by atoms with Gasteiger partial charge in [0, 0.05) is 19.1 Å². The van der Waals surface area contributed by atoms with Gasteiger partial charge in [0.2, 0.25) is 6.79 Å². The molecule has 2 aliphatic heterocycles. The van der Waals surface area contributed by atoms with Crippen LogP contribution in [0.2, 0.25) is 0 Å². The largest absolute Gasteiger partial charge is 0.454 e. The first-order chi connectivity index (χ1) is 12.2. The second kappa shape index (κ2) is 6.51. The fourth-order valence-electron chi connectivity index (χ4n) is 3.18. The van der Waals surface area contributed by atoms with Crippen molar-refractivity contribution in [2.45, 2.75) is 12.5 Å². The third-order valence-electron chi connectivity index (χ3n) is 4.36. The number of carbonyl (C=O) groups is 1. The minimum Gasteiger partial charge on any atom is -0.454 e. The summed E-state index contributed by atoms with van der Waals surface area (Å²) in [6.45, 7) is 1.42. The number of hydrogen-bond donors (Lipinski definition) is 2. The molecule has 1 saturated heterocycles. The van der Waals surface area contributed by atoms with Gasteiger partial charge in [-0.1, -0.05) is 18.2 Å². The Morgan fingerprint density at radius 1 is 1.16 bits per heavy atom. The number of hydrogen-bond acceptors (Lipinski definition) is 4. The van der Waals surface area contributed by atoms with Crippen LogP contribution < -0.4 is 25.0 Å². The van der Waals surface area contributed by atoms with Crippen LogP contribution in [0, 0.1) is 5.82 Å². The van der Waals surface area contributed by atoms with Crippen LogP contribution in [-0.2, 0) is 0 Å². The minimum atomic E-state index is -0.315. The van der Waals surface area contributed by atoms with E-state index in [0.29, 0.717) is 36.0 Å². The van der Waals surface area contributed by atoms with Crippen LogP contribution in [0.5, 0.6) is 11.5 Å².